The van der Waals surface area contributed by atoms with E-state index in [4.69, 9.17) is 10.8 Å². The van der Waals surface area contributed by atoms with Gasteiger partial charge in [0.25, 0.3) is 0 Å². The molecule has 1 fully saturated rings. The van der Waals surface area contributed by atoms with Crippen LogP contribution in [0.15, 0.2) is 0 Å². The summed E-state index contributed by atoms with van der Waals surface area (Å²) in [5, 5.41) is 8.92. The molecule has 1 heterocycles. The normalized spacial score (nSPS) is 18.6. The van der Waals surface area contributed by atoms with Crippen molar-refractivity contribution in [2.24, 2.45) is 23.5 Å². The van der Waals surface area contributed by atoms with Crippen molar-refractivity contribution in [2.45, 2.75) is 46.5 Å². The Morgan fingerprint density at radius 1 is 1.12 bits per heavy atom. The van der Waals surface area contributed by atoms with Gasteiger partial charge in [0.1, 0.15) is 0 Å². The molecule has 0 aromatic carbocycles. The van der Waals surface area contributed by atoms with Gasteiger partial charge < -0.3 is 15.7 Å². The van der Waals surface area contributed by atoms with E-state index in [0.29, 0.717) is 31.8 Å². The SMILES string of the molecule is CCC[C@H](C(N)=O)[C@@H](CC(C)C)C(=O)N1CCN(CCCO)CC1. The molecule has 0 unspecified atom stereocenters. The third-order valence-electron chi connectivity index (χ3n) is 4.81. The Bertz CT molecular complexity index is 393. The van der Waals surface area contributed by atoms with Crippen LogP contribution in [0.25, 0.3) is 0 Å². The second-order valence-electron chi connectivity index (χ2n) is 7.28. The maximum atomic E-state index is 13.0. The molecule has 6 nitrogen and oxygen atoms in total. The lowest BCUT2D eigenvalue weighted by molar-refractivity contribution is -0.143. The third-order valence-corrected chi connectivity index (χ3v) is 4.81. The van der Waals surface area contributed by atoms with Gasteiger partial charge in [0.05, 0.1) is 0 Å². The molecule has 1 saturated heterocycles. The minimum Gasteiger partial charge on any atom is -0.396 e. The molecule has 0 aromatic rings. The lowest BCUT2D eigenvalue weighted by atomic mass is 9.81. The maximum absolute atomic E-state index is 13.0. The summed E-state index contributed by atoms with van der Waals surface area (Å²) >= 11 is 0. The van der Waals surface area contributed by atoms with E-state index < -0.39 is 0 Å². The van der Waals surface area contributed by atoms with E-state index in [-0.39, 0.29) is 30.3 Å². The summed E-state index contributed by atoms with van der Waals surface area (Å²) in [7, 11) is 0. The topological polar surface area (TPSA) is 86.9 Å². The van der Waals surface area contributed by atoms with Crippen molar-refractivity contribution in [2.75, 3.05) is 39.3 Å². The number of rotatable bonds is 10. The molecule has 1 rings (SSSR count). The van der Waals surface area contributed by atoms with Gasteiger partial charge in [0.15, 0.2) is 0 Å². The van der Waals surface area contributed by atoms with Crippen LogP contribution in [-0.2, 0) is 9.59 Å². The van der Waals surface area contributed by atoms with Gasteiger partial charge in [-0.2, -0.15) is 0 Å². The van der Waals surface area contributed by atoms with Crippen molar-refractivity contribution in [3.05, 3.63) is 0 Å². The van der Waals surface area contributed by atoms with Crippen LogP contribution >= 0.6 is 0 Å². The molecule has 2 amide bonds. The average molecular weight is 341 g/mol. The van der Waals surface area contributed by atoms with Crippen molar-refractivity contribution in [1.29, 1.82) is 0 Å². The van der Waals surface area contributed by atoms with Gasteiger partial charge in [-0.1, -0.05) is 27.2 Å². The first-order valence-electron chi connectivity index (χ1n) is 9.32. The summed E-state index contributed by atoms with van der Waals surface area (Å²) in [6.07, 6.45) is 3.00. The Morgan fingerprint density at radius 2 is 1.75 bits per heavy atom. The average Bonchev–Trinajstić information content (AvgIpc) is 2.55. The van der Waals surface area contributed by atoms with Gasteiger partial charge in [-0.3, -0.25) is 14.5 Å². The molecule has 1 aliphatic heterocycles. The number of carbonyl (C=O) groups excluding carboxylic acids is 2. The van der Waals surface area contributed by atoms with E-state index in [1.165, 1.54) is 0 Å². The van der Waals surface area contributed by atoms with Crippen LogP contribution in [0.1, 0.15) is 46.5 Å². The fourth-order valence-electron chi connectivity index (χ4n) is 3.52. The van der Waals surface area contributed by atoms with Crippen molar-refractivity contribution < 1.29 is 14.7 Å². The summed E-state index contributed by atoms with van der Waals surface area (Å²) in [4.78, 5) is 29.1. The second kappa shape index (κ2) is 10.7. The Labute approximate surface area is 146 Å². The predicted molar refractivity (Wildman–Crippen MR) is 95.3 cm³/mol. The van der Waals surface area contributed by atoms with Crippen LogP contribution in [0, 0.1) is 17.8 Å². The molecule has 6 heteroatoms. The monoisotopic (exact) mass is 341 g/mol. The standard InChI is InChI=1S/C18H35N3O3/c1-4-6-15(17(19)23)16(13-14(2)3)18(24)21-10-8-20(9-11-21)7-5-12-22/h14-16,22H,4-13H2,1-3H3,(H2,19,23)/t15-,16+/m0/s1. The highest BCUT2D eigenvalue weighted by Gasteiger charge is 2.35. The first-order chi connectivity index (χ1) is 11.4. The first-order valence-corrected chi connectivity index (χ1v) is 9.32. The van der Waals surface area contributed by atoms with E-state index in [2.05, 4.69) is 18.7 Å². The molecular formula is C18H35N3O3. The van der Waals surface area contributed by atoms with Crippen molar-refractivity contribution >= 4 is 11.8 Å². The molecule has 0 radical (unpaired) electrons. The molecule has 1 aliphatic rings. The zero-order chi connectivity index (χ0) is 18.1. The van der Waals surface area contributed by atoms with E-state index in [0.717, 1.165) is 32.5 Å². The molecule has 0 saturated carbocycles. The zero-order valence-electron chi connectivity index (χ0n) is 15.5. The van der Waals surface area contributed by atoms with Gasteiger partial charge in [0.2, 0.25) is 11.8 Å². The van der Waals surface area contributed by atoms with Crippen LogP contribution in [0.3, 0.4) is 0 Å². The number of hydrogen-bond acceptors (Lipinski definition) is 4. The number of nitrogens with zero attached hydrogens (tertiary/aromatic N) is 2. The minimum absolute atomic E-state index is 0.0859. The smallest absolute Gasteiger partial charge is 0.226 e. The molecule has 0 bridgehead atoms. The second-order valence-corrected chi connectivity index (χ2v) is 7.28. The highest BCUT2D eigenvalue weighted by Crippen LogP contribution is 2.27. The van der Waals surface area contributed by atoms with E-state index >= 15 is 0 Å². The van der Waals surface area contributed by atoms with E-state index in [1.807, 2.05) is 11.8 Å². The van der Waals surface area contributed by atoms with Crippen LogP contribution in [0.2, 0.25) is 0 Å². The van der Waals surface area contributed by atoms with Crippen LogP contribution in [0.4, 0.5) is 0 Å². The molecule has 0 aliphatic carbocycles. The fourth-order valence-corrected chi connectivity index (χ4v) is 3.52. The number of aliphatic hydroxyl groups is 1. The summed E-state index contributed by atoms with van der Waals surface area (Å²) in [6.45, 7) is 10.3. The van der Waals surface area contributed by atoms with Crippen LogP contribution in [0.5, 0.6) is 0 Å². The van der Waals surface area contributed by atoms with Crippen molar-refractivity contribution in [1.82, 2.24) is 9.80 Å². The number of piperazine rings is 1. The van der Waals surface area contributed by atoms with Gasteiger partial charge in [0, 0.05) is 51.2 Å². The molecule has 0 aromatic heterocycles. The Kier molecular flexibility index (Phi) is 9.29. The highest BCUT2D eigenvalue weighted by atomic mass is 16.3. The molecule has 24 heavy (non-hydrogen) atoms. The molecule has 140 valence electrons. The number of carbonyl (C=O) groups is 2. The molecule has 0 spiro atoms. The van der Waals surface area contributed by atoms with Gasteiger partial charge in [-0.05, 0) is 25.2 Å². The lowest BCUT2D eigenvalue weighted by Gasteiger charge is -2.38. The van der Waals surface area contributed by atoms with Gasteiger partial charge in [-0.15, -0.1) is 0 Å². The summed E-state index contributed by atoms with van der Waals surface area (Å²) in [5.41, 5.74) is 5.60. The maximum Gasteiger partial charge on any atom is 0.226 e. The Balaban J connectivity index is 2.72. The van der Waals surface area contributed by atoms with Crippen LogP contribution < -0.4 is 5.73 Å². The molecule has 3 N–H and O–H groups in total. The van der Waals surface area contributed by atoms with Crippen molar-refractivity contribution in [3.8, 4) is 0 Å². The lowest BCUT2D eigenvalue weighted by Crippen LogP contribution is -2.52. The highest BCUT2D eigenvalue weighted by molar-refractivity contribution is 5.87. The minimum atomic E-state index is -0.364. The number of primary amides is 1. The van der Waals surface area contributed by atoms with Gasteiger partial charge in [-0.25, -0.2) is 0 Å². The van der Waals surface area contributed by atoms with E-state index in [9.17, 15) is 9.59 Å². The number of aliphatic hydroxyl groups excluding tert-OH is 1. The third kappa shape index (κ3) is 6.40. The summed E-state index contributed by atoms with van der Waals surface area (Å²) in [6, 6.07) is 0. The number of nitrogens with two attached hydrogens (primary N) is 1. The number of hydrogen-bond donors (Lipinski definition) is 2. The zero-order valence-corrected chi connectivity index (χ0v) is 15.5. The van der Waals surface area contributed by atoms with Crippen molar-refractivity contribution in [3.63, 3.8) is 0 Å². The Hall–Kier alpha value is -1.14. The summed E-state index contributed by atoms with van der Waals surface area (Å²) in [5.74, 6) is -0.576. The first kappa shape index (κ1) is 20.9. The van der Waals surface area contributed by atoms with Gasteiger partial charge >= 0.3 is 0 Å². The summed E-state index contributed by atoms with van der Waals surface area (Å²) < 4.78 is 0. The van der Waals surface area contributed by atoms with Crippen LogP contribution in [-0.4, -0.2) is 66.1 Å². The largest absolute Gasteiger partial charge is 0.396 e. The molecular weight excluding hydrogens is 306 g/mol. The van der Waals surface area contributed by atoms with E-state index in [1.54, 1.807) is 0 Å². The Morgan fingerprint density at radius 3 is 2.21 bits per heavy atom. The fraction of sp³-hybridized carbons (Fsp3) is 0.889. The predicted octanol–water partition coefficient (Wildman–Crippen LogP) is 1.08. The molecule has 2 atom stereocenters. The quantitative estimate of drug-likeness (QED) is 0.622. The number of amides is 2.